The molecule has 4 nitrogen and oxygen atoms in total. The van der Waals surface area contributed by atoms with Crippen LogP contribution < -0.4 is 0 Å². The van der Waals surface area contributed by atoms with Gasteiger partial charge in [-0.05, 0) is 44.6 Å². The highest BCUT2D eigenvalue weighted by Gasteiger charge is 2.23. The second kappa shape index (κ2) is 9.34. The van der Waals surface area contributed by atoms with Gasteiger partial charge in [-0.2, -0.15) is 5.10 Å². The number of benzene rings is 1. The van der Waals surface area contributed by atoms with Crippen LogP contribution in [0.25, 0.3) is 22.0 Å². The molecule has 1 aromatic carbocycles. The van der Waals surface area contributed by atoms with Crippen molar-refractivity contribution in [3.63, 3.8) is 0 Å². The lowest BCUT2D eigenvalue weighted by Crippen LogP contribution is -2.14. The second-order valence-corrected chi connectivity index (χ2v) is 12.0. The SMILES string of the molecule is C=C1C(C)=CC(c2c(C)nn(-c3nc(-c4ccc(Cl)c(Cl)c4)c(SC(C)C)s3)c2C)=CN1C. The third kappa shape index (κ3) is 4.67. The summed E-state index contributed by atoms with van der Waals surface area (Å²) in [6.45, 7) is 14.7. The standard InChI is InChI=1S/C25H26Cl2N4S2/c1-13(2)32-24-23(18-8-9-20(26)21(27)11-18)28-25(33-24)31-17(6)22(15(4)29-31)19-10-14(3)16(5)30(7)12-19/h8-13H,5H2,1-4,6-7H3. The van der Waals surface area contributed by atoms with Crippen LogP contribution in [0.4, 0.5) is 0 Å². The molecular formula is C25H26Cl2N4S2. The molecule has 1 aliphatic rings. The molecule has 0 saturated heterocycles. The minimum absolute atomic E-state index is 0.417. The molecule has 8 heteroatoms. The average Bonchev–Trinajstić information content (AvgIpc) is 3.27. The van der Waals surface area contributed by atoms with Crippen LogP contribution in [0.2, 0.25) is 10.0 Å². The Bertz CT molecular complexity index is 1310. The van der Waals surface area contributed by atoms with E-state index in [9.17, 15) is 0 Å². The first-order valence-corrected chi connectivity index (χ1v) is 13.0. The zero-order valence-electron chi connectivity index (χ0n) is 19.5. The maximum absolute atomic E-state index is 6.31. The lowest BCUT2D eigenvalue weighted by Gasteiger charge is -2.24. The first kappa shape index (κ1) is 24.1. The zero-order valence-corrected chi connectivity index (χ0v) is 22.7. The van der Waals surface area contributed by atoms with E-state index in [1.54, 1.807) is 23.1 Å². The summed E-state index contributed by atoms with van der Waals surface area (Å²) in [5.74, 6) is 0. The second-order valence-electron chi connectivity index (χ2n) is 8.36. The largest absolute Gasteiger partial charge is 0.351 e. The Morgan fingerprint density at radius 2 is 1.85 bits per heavy atom. The van der Waals surface area contributed by atoms with Crippen molar-refractivity contribution < 1.29 is 0 Å². The summed E-state index contributed by atoms with van der Waals surface area (Å²) in [5, 5.41) is 7.19. The Morgan fingerprint density at radius 3 is 2.48 bits per heavy atom. The van der Waals surface area contributed by atoms with Crippen LogP contribution >= 0.6 is 46.3 Å². The molecule has 0 N–H and O–H groups in total. The number of hydrogen-bond acceptors (Lipinski definition) is 5. The molecular weight excluding hydrogens is 491 g/mol. The van der Waals surface area contributed by atoms with Gasteiger partial charge in [-0.25, -0.2) is 9.67 Å². The minimum atomic E-state index is 0.417. The van der Waals surface area contributed by atoms with Gasteiger partial charge >= 0.3 is 0 Å². The average molecular weight is 518 g/mol. The molecule has 0 spiro atoms. The van der Waals surface area contributed by atoms with Crippen molar-refractivity contribution in [3.8, 4) is 16.4 Å². The van der Waals surface area contributed by atoms with Gasteiger partial charge in [0.05, 0.1) is 31.3 Å². The molecule has 0 aliphatic carbocycles. The maximum atomic E-state index is 6.31. The summed E-state index contributed by atoms with van der Waals surface area (Å²) in [5.41, 5.74) is 8.28. The highest BCUT2D eigenvalue weighted by Crippen LogP contribution is 2.42. The molecule has 2 aromatic heterocycles. The smallest absolute Gasteiger partial charge is 0.212 e. The Kier molecular flexibility index (Phi) is 6.83. The minimum Gasteiger partial charge on any atom is -0.351 e. The van der Waals surface area contributed by atoms with Gasteiger partial charge in [-0.3, -0.25) is 0 Å². The molecule has 0 fully saturated rings. The molecule has 172 valence electrons. The first-order chi connectivity index (χ1) is 15.6. The van der Waals surface area contributed by atoms with Crippen molar-refractivity contribution in [2.24, 2.45) is 0 Å². The number of aromatic nitrogens is 3. The number of thiazole rings is 1. The number of rotatable bonds is 5. The molecule has 4 rings (SSSR count). The van der Waals surface area contributed by atoms with E-state index in [1.165, 1.54) is 0 Å². The van der Waals surface area contributed by atoms with E-state index >= 15 is 0 Å². The van der Waals surface area contributed by atoms with Gasteiger partial charge in [0.1, 0.15) is 0 Å². The van der Waals surface area contributed by atoms with Gasteiger partial charge in [0.25, 0.3) is 0 Å². The number of hydrogen-bond donors (Lipinski definition) is 0. The number of aryl methyl sites for hydroxylation is 1. The van der Waals surface area contributed by atoms with Crippen LogP contribution in [-0.2, 0) is 0 Å². The summed E-state index contributed by atoms with van der Waals surface area (Å²) >= 11 is 15.9. The molecule has 3 aromatic rings. The first-order valence-electron chi connectivity index (χ1n) is 10.6. The van der Waals surface area contributed by atoms with Crippen molar-refractivity contribution in [1.29, 1.82) is 0 Å². The van der Waals surface area contributed by atoms with E-state index in [0.29, 0.717) is 15.3 Å². The van der Waals surface area contributed by atoms with Crippen LogP contribution in [0.3, 0.4) is 0 Å². The van der Waals surface area contributed by atoms with Gasteiger partial charge in [0.15, 0.2) is 0 Å². The molecule has 0 amide bonds. The maximum Gasteiger partial charge on any atom is 0.212 e. The molecule has 0 saturated carbocycles. The molecule has 0 bridgehead atoms. The van der Waals surface area contributed by atoms with Gasteiger partial charge < -0.3 is 4.90 Å². The number of likely N-dealkylation sites (N-methyl/N-ethyl adjacent to an activating group) is 1. The lowest BCUT2D eigenvalue weighted by molar-refractivity contribution is 0.578. The van der Waals surface area contributed by atoms with Crippen molar-refractivity contribution in [2.75, 3.05) is 7.05 Å². The fraction of sp³-hybridized carbons (Fsp3) is 0.280. The molecule has 0 radical (unpaired) electrons. The van der Waals surface area contributed by atoms with Crippen LogP contribution in [-0.4, -0.2) is 32.0 Å². The fourth-order valence-electron chi connectivity index (χ4n) is 3.81. The summed E-state index contributed by atoms with van der Waals surface area (Å²) in [6.07, 6.45) is 4.28. The molecule has 33 heavy (non-hydrogen) atoms. The summed E-state index contributed by atoms with van der Waals surface area (Å²) in [7, 11) is 2.02. The summed E-state index contributed by atoms with van der Waals surface area (Å²) in [4.78, 5) is 7.07. The quantitative estimate of drug-likeness (QED) is 0.320. The predicted molar refractivity (Wildman–Crippen MR) is 144 cm³/mol. The van der Waals surface area contributed by atoms with Crippen molar-refractivity contribution in [2.45, 2.75) is 44.1 Å². The van der Waals surface area contributed by atoms with E-state index in [1.807, 2.05) is 36.9 Å². The van der Waals surface area contributed by atoms with E-state index in [0.717, 1.165) is 54.4 Å². The Balaban J connectivity index is 1.83. The van der Waals surface area contributed by atoms with Gasteiger partial charge in [0.2, 0.25) is 5.13 Å². The normalized spacial score (nSPS) is 14.2. The molecule has 3 heterocycles. The van der Waals surface area contributed by atoms with Crippen molar-refractivity contribution >= 4 is 51.9 Å². The van der Waals surface area contributed by atoms with E-state index in [2.05, 4.69) is 51.4 Å². The van der Waals surface area contributed by atoms with Gasteiger partial charge in [0, 0.05) is 40.9 Å². The summed E-state index contributed by atoms with van der Waals surface area (Å²) in [6, 6.07) is 5.66. The molecule has 0 unspecified atom stereocenters. The topological polar surface area (TPSA) is 34.0 Å². The van der Waals surface area contributed by atoms with Crippen LogP contribution in [0.1, 0.15) is 37.7 Å². The van der Waals surface area contributed by atoms with E-state index in [4.69, 9.17) is 33.3 Å². The molecule has 0 atom stereocenters. The van der Waals surface area contributed by atoms with E-state index in [-0.39, 0.29) is 0 Å². The summed E-state index contributed by atoms with van der Waals surface area (Å²) < 4.78 is 3.09. The number of nitrogens with zero attached hydrogens (tertiary/aromatic N) is 4. The molecule has 1 aliphatic heterocycles. The third-order valence-corrected chi connectivity index (χ3v) is 8.45. The van der Waals surface area contributed by atoms with Gasteiger partial charge in [-0.1, -0.05) is 61.0 Å². The monoisotopic (exact) mass is 516 g/mol. The Hall–Kier alpha value is -1.99. The number of halogens is 2. The van der Waals surface area contributed by atoms with Crippen LogP contribution in [0.5, 0.6) is 0 Å². The number of thioether (sulfide) groups is 1. The highest BCUT2D eigenvalue weighted by molar-refractivity contribution is 8.01. The Labute approximate surface area is 213 Å². The lowest BCUT2D eigenvalue weighted by atomic mass is 9.98. The van der Waals surface area contributed by atoms with Crippen LogP contribution in [0.15, 0.2) is 52.5 Å². The Morgan fingerprint density at radius 1 is 1.12 bits per heavy atom. The van der Waals surface area contributed by atoms with Crippen molar-refractivity contribution in [1.82, 2.24) is 19.7 Å². The third-order valence-electron chi connectivity index (χ3n) is 5.47. The zero-order chi connectivity index (χ0) is 24.0. The van der Waals surface area contributed by atoms with Crippen LogP contribution in [0, 0.1) is 13.8 Å². The highest BCUT2D eigenvalue weighted by atomic mass is 35.5. The predicted octanol–water partition coefficient (Wildman–Crippen LogP) is 8.17. The van der Waals surface area contributed by atoms with Crippen molar-refractivity contribution in [3.05, 3.63) is 75.3 Å². The van der Waals surface area contributed by atoms with E-state index < -0.39 is 0 Å². The number of allylic oxidation sites excluding steroid dienone is 3. The van der Waals surface area contributed by atoms with Gasteiger partial charge in [-0.15, -0.1) is 11.8 Å². The fourth-order valence-corrected chi connectivity index (χ4v) is 6.63.